The fourth-order valence-corrected chi connectivity index (χ4v) is 3.30. The highest BCUT2D eigenvalue weighted by atomic mass is 35.5. The van der Waals surface area contributed by atoms with Crippen LogP contribution >= 0.6 is 11.6 Å². The number of amides is 1. The molecule has 0 saturated carbocycles. The van der Waals surface area contributed by atoms with Crippen molar-refractivity contribution < 1.29 is 4.79 Å². The van der Waals surface area contributed by atoms with Gasteiger partial charge in [-0.15, -0.1) is 0 Å². The summed E-state index contributed by atoms with van der Waals surface area (Å²) in [4.78, 5) is 14.7. The number of para-hydroxylation sites is 1. The molecule has 2 aromatic rings. The summed E-state index contributed by atoms with van der Waals surface area (Å²) in [6.07, 6.45) is 2.91. The van der Waals surface area contributed by atoms with Gasteiger partial charge in [0.2, 0.25) is 0 Å². The third kappa shape index (κ3) is 2.52. The molecule has 1 aromatic carbocycles. The SMILES string of the molecule is CCc1c(C(=O)N2CCCC2)c(C)nn1-c1ccccc1Cl. The Bertz CT molecular complexity index is 702. The molecule has 5 heteroatoms. The maximum absolute atomic E-state index is 12.8. The molecule has 0 radical (unpaired) electrons. The molecule has 1 fully saturated rings. The number of hydrogen-bond donors (Lipinski definition) is 0. The average molecular weight is 318 g/mol. The molecular formula is C17H20ClN3O. The van der Waals surface area contributed by atoms with Crippen molar-refractivity contribution in [1.82, 2.24) is 14.7 Å². The minimum Gasteiger partial charge on any atom is -0.339 e. The zero-order chi connectivity index (χ0) is 15.7. The van der Waals surface area contributed by atoms with E-state index in [0.29, 0.717) is 5.02 Å². The number of benzene rings is 1. The van der Waals surface area contributed by atoms with Crippen LogP contribution in [0.25, 0.3) is 5.69 Å². The molecule has 22 heavy (non-hydrogen) atoms. The second kappa shape index (κ2) is 6.13. The van der Waals surface area contributed by atoms with Gasteiger partial charge in [-0.3, -0.25) is 4.79 Å². The first-order valence-corrected chi connectivity index (χ1v) is 8.14. The van der Waals surface area contributed by atoms with Crippen LogP contribution in [0.4, 0.5) is 0 Å². The van der Waals surface area contributed by atoms with E-state index in [-0.39, 0.29) is 5.91 Å². The summed E-state index contributed by atoms with van der Waals surface area (Å²) in [7, 11) is 0. The number of carbonyl (C=O) groups is 1. The lowest BCUT2D eigenvalue weighted by atomic mass is 10.1. The summed E-state index contributed by atoms with van der Waals surface area (Å²) < 4.78 is 1.82. The molecule has 1 aliphatic rings. The average Bonchev–Trinajstić information content (AvgIpc) is 3.14. The van der Waals surface area contributed by atoms with Gasteiger partial charge in [-0.25, -0.2) is 4.68 Å². The minimum atomic E-state index is 0.102. The van der Waals surface area contributed by atoms with Crippen LogP contribution in [0.15, 0.2) is 24.3 Å². The van der Waals surface area contributed by atoms with E-state index < -0.39 is 0 Å². The number of rotatable bonds is 3. The van der Waals surface area contributed by atoms with Gasteiger partial charge in [-0.2, -0.15) is 5.10 Å². The summed E-state index contributed by atoms with van der Waals surface area (Å²) in [6, 6.07) is 7.59. The number of aromatic nitrogens is 2. The van der Waals surface area contributed by atoms with Crippen molar-refractivity contribution in [3.8, 4) is 5.69 Å². The second-order valence-electron chi connectivity index (χ2n) is 5.62. The van der Waals surface area contributed by atoms with E-state index in [1.165, 1.54) is 0 Å². The molecule has 0 aliphatic carbocycles. The molecule has 0 atom stereocenters. The number of hydrogen-bond acceptors (Lipinski definition) is 2. The third-order valence-electron chi connectivity index (χ3n) is 4.18. The lowest BCUT2D eigenvalue weighted by Gasteiger charge is -2.16. The van der Waals surface area contributed by atoms with Gasteiger partial charge in [0.25, 0.3) is 5.91 Å². The van der Waals surface area contributed by atoms with Crippen LogP contribution in [-0.2, 0) is 6.42 Å². The fourth-order valence-electron chi connectivity index (χ4n) is 3.08. The van der Waals surface area contributed by atoms with Crippen molar-refractivity contribution >= 4 is 17.5 Å². The first-order chi connectivity index (χ1) is 10.6. The van der Waals surface area contributed by atoms with E-state index in [1.807, 2.05) is 47.7 Å². The number of carbonyl (C=O) groups excluding carboxylic acids is 1. The molecule has 1 amide bonds. The molecule has 0 spiro atoms. The maximum atomic E-state index is 12.8. The number of likely N-dealkylation sites (tertiary alicyclic amines) is 1. The normalized spacial score (nSPS) is 14.6. The summed E-state index contributed by atoms with van der Waals surface area (Å²) in [5.41, 5.74) is 3.27. The minimum absolute atomic E-state index is 0.102. The summed E-state index contributed by atoms with van der Waals surface area (Å²) in [5.74, 6) is 0.102. The second-order valence-corrected chi connectivity index (χ2v) is 6.03. The first kappa shape index (κ1) is 15.1. The van der Waals surface area contributed by atoms with E-state index in [2.05, 4.69) is 5.10 Å². The molecule has 1 saturated heterocycles. The molecule has 0 bridgehead atoms. The third-order valence-corrected chi connectivity index (χ3v) is 4.50. The highest BCUT2D eigenvalue weighted by Crippen LogP contribution is 2.26. The summed E-state index contributed by atoms with van der Waals surface area (Å²) in [6.45, 7) is 5.64. The fraction of sp³-hybridized carbons (Fsp3) is 0.412. The predicted octanol–water partition coefficient (Wildman–Crippen LogP) is 3.63. The number of nitrogens with zero attached hydrogens (tertiary/aromatic N) is 3. The molecule has 4 nitrogen and oxygen atoms in total. The van der Waals surface area contributed by atoms with Gasteiger partial charge in [0.1, 0.15) is 0 Å². The molecular weight excluding hydrogens is 298 g/mol. The highest BCUT2D eigenvalue weighted by molar-refractivity contribution is 6.32. The van der Waals surface area contributed by atoms with Gasteiger partial charge in [0.05, 0.1) is 27.7 Å². The molecule has 0 unspecified atom stereocenters. The standard InChI is InChI=1S/C17H20ClN3O/c1-3-14-16(17(22)20-10-6-7-11-20)12(2)19-21(14)15-9-5-4-8-13(15)18/h4-5,8-9H,3,6-7,10-11H2,1-2H3. The van der Waals surface area contributed by atoms with Gasteiger partial charge in [-0.1, -0.05) is 30.7 Å². The monoisotopic (exact) mass is 317 g/mol. The van der Waals surface area contributed by atoms with Crippen LogP contribution < -0.4 is 0 Å². The predicted molar refractivity (Wildman–Crippen MR) is 87.8 cm³/mol. The quantitative estimate of drug-likeness (QED) is 0.867. The number of aryl methyl sites for hydroxylation is 1. The van der Waals surface area contributed by atoms with Crippen molar-refractivity contribution in [1.29, 1.82) is 0 Å². The van der Waals surface area contributed by atoms with Crippen molar-refractivity contribution in [2.24, 2.45) is 0 Å². The lowest BCUT2D eigenvalue weighted by Crippen LogP contribution is -2.28. The Morgan fingerprint density at radius 3 is 2.59 bits per heavy atom. The van der Waals surface area contributed by atoms with E-state index in [1.54, 1.807) is 0 Å². The van der Waals surface area contributed by atoms with Gasteiger partial charge >= 0.3 is 0 Å². The van der Waals surface area contributed by atoms with Gasteiger partial charge in [0.15, 0.2) is 0 Å². The van der Waals surface area contributed by atoms with Crippen molar-refractivity contribution in [3.63, 3.8) is 0 Å². The highest BCUT2D eigenvalue weighted by Gasteiger charge is 2.27. The van der Waals surface area contributed by atoms with E-state index >= 15 is 0 Å². The molecule has 2 heterocycles. The van der Waals surface area contributed by atoms with Gasteiger partial charge < -0.3 is 4.90 Å². The lowest BCUT2D eigenvalue weighted by molar-refractivity contribution is 0.0791. The van der Waals surface area contributed by atoms with Crippen LogP contribution in [0.5, 0.6) is 0 Å². The van der Waals surface area contributed by atoms with Crippen LogP contribution in [0.2, 0.25) is 5.02 Å². The Kier molecular flexibility index (Phi) is 4.21. The van der Waals surface area contributed by atoms with Crippen molar-refractivity contribution in [3.05, 3.63) is 46.2 Å². The number of halogens is 1. The molecule has 1 aromatic heterocycles. The van der Waals surface area contributed by atoms with Crippen LogP contribution in [-0.4, -0.2) is 33.7 Å². The van der Waals surface area contributed by atoms with Gasteiger partial charge in [0, 0.05) is 13.1 Å². The molecule has 3 rings (SSSR count). The molecule has 116 valence electrons. The Hall–Kier alpha value is -1.81. The van der Waals surface area contributed by atoms with Crippen LogP contribution in [0, 0.1) is 6.92 Å². The topological polar surface area (TPSA) is 38.1 Å². The molecule has 0 N–H and O–H groups in total. The zero-order valence-corrected chi connectivity index (χ0v) is 13.7. The Balaban J connectivity index is 2.09. The van der Waals surface area contributed by atoms with E-state index in [9.17, 15) is 4.79 Å². The van der Waals surface area contributed by atoms with E-state index in [4.69, 9.17) is 11.6 Å². The Morgan fingerprint density at radius 1 is 1.27 bits per heavy atom. The largest absolute Gasteiger partial charge is 0.339 e. The molecule has 1 aliphatic heterocycles. The van der Waals surface area contributed by atoms with Crippen molar-refractivity contribution in [2.75, 3.05) is 13.1 Å². The summed E-state index contributed by atoms with van der Waals surface area (Å²) >= 11 is 6.30. The maximum Gasteiger partial charge on any atom is 0.257 e. The smallest absolute Gasteiger partial charge is 0.257 e. The Morgan fingerprint density at radius 2 is 1.95 bits per heavy atom. The first-order valence-electron chi connectivity index (χ1n) is 7.76. The Labute approximate surface area is 135 Å². The zero-order valence-electron chi connectivity index (χ0n) is 13.0. The summed E-state index contributed by atoms with van der Waals surface area (Å²) in [5, 5.41) is 5.23. The van der Waals surface area contributed by atoms with Gasteiger partial charge in [-0.05, 0) is 38.3 Å². The van der Waals surface area contributed by atoms with Crippen LogP contribution in [0.1, 0.15) is 41.5 Å². The van der Waals surface area contributed by atoms with Crippen LogP contribution in [0.3, 0.4) is 0 Å². The van der Waals surface area contributed by atoms with Crippen molar-refractivity contribution in [2.45, 2.75) is 33.1 Å². The van der Waals surface area contributed by atoms with E-state index in [0.717, 1.165) is 55.0 Å².